The van der Waals surface area contributed by atoms with Crippen LogP contribution < -0.4 is 0 Å². The van der Waals surface area contributed by atoms with Gasteiger partial charge in [-0.15, -0.1) is 0 Å². The van der Waals surface area contributed by atoms with E-state index in [0.717, 1.165) is 39.0 Å². The van der Waals surface area contributed by atoms with Crippen molar-refractivity contribution in [1.82, 2.24) is 4.90 Å². The van der Waals surface area contributed by atoms with Crippen LogP contribution in [0.4, 0.5) is 0 Å². The molecule has 3 heteroatoms. The smallest absolute Gasteiger partial charge is 0.251 e. The topological polar surface area (TPSA) is 29.5 Å². The average Bonchev–Trinajstić information content (AvgIpc) is 2.58. The number of likely N-dealkylation sites (tertiary alicyclic amines) is 1. The number of rotatable bonds is 1. The maximum Gasteiger partial charge on any atom is 0.251 e. The van der Waals surface area contributed by atoms with Crippen molar-refractivity contribution in [3.05, 3.63) is 0 Å². The Morgan fingerprint density at radius 3 is 2.33 bits per heavy atom. The van der Waals surface area contributed by atoms with Gasteiger partial charge in [0.1, 0.15) is 6.10 Å². The van der Waals surface area contributed by atoms with Gasteiger partial charge in [-0.2, -0.15) is 0 Å². The van der Waals surface area contributed by atoms with E-state index in [1.165, 1.54) is 25.7 Å². The Balaban J connectivity index is 1.87. The molecule has 1 unspecified atom stereocenters. The van der Waals surface area contributed by atoms with Gasteiger partial charge in [-0.3, -0.25) is 4.79 Å². The lowest BCUT2D eigenvalue weighted by molar-refractivity contribution is -0.146. The SMILES string of the molecule is O=C(C1CCCCO1)N1CCCCCC1. The van der Waals surface area contributed by atoms with E-state index in [2.05, 4.69) is 0 Å². The fourth-order valence-corrected chi connectivity index (χ4v) is 2.43. The minimum atomic E-state index is -0.128. The molecule has 0 spiro atoms. The van der Waals surface area contributed by atoms with E-state index in [9.17, 15) is 4.79 Å². The van der Waals surface area contributed by atoms with Crippen molar-refractivity contribution in [3.8, 4) is 0 Å². The molecule has 2 aliphatic heterocycles. The molecule has 2 fully saturated rings. The molecule has 2 rings (SSSR count). The Morgan fingerprint density at radius 2 is 1.73 bits per heavy atom. The van der Waals surface area contributed by atoms with Crippen LogP contribution in [0, 0.1) is 0 Å². The molecule has 0 N–H and O–H groups in total. The molecule has 2 saturated heterocycles. The van der Waals surface area contributed by atoms with E-state index in [4.69, 9.17) is 4.74 Å². The summed E-state index contributed by atoms with van der Waals surface area (Å²) in [6, 6.07) is 0. The lowest BCUT2D eigenvalue weighted by Crippen LogP contribution is -2.42. The molecule has 0 saturated carbocycles. The minimum Gasteiger partial charge on any atom is -0.368 e. The normalized spacial score (nSPS) is 28.5. The summed E-state index contributed by atoms with van der Waals surface area (Å²) in [4.78, 5) is 14.1. The third kappa shape index (κ3) is 2.94. The van der Waals surface area contributed by atoms with Gasteiger partial charge in [0.05, 0.1) is 0 Å². The summed E-state index contributed by atoms with van der Waals surface area (Å²) in [5.74, 6) is 0.247. The summed E-state index contributed by atoms with van der Waals surface area (Å²) in [7, 11) is 0. The van der Waals surface area contributed by atoms with Crippen molar-refractivity contribution in [2.24, 2.45) is 0 Å². The number of hydrogen-bond donors (Lipinski definition) is 0. The van der Waals surface area contributed by atoms with Gasteiger partial charge in [-0.1, -0.05) is 12.8 Å². The zero-order chi connectivity index (χ0) is 10.5. The summed E-state index contributed by atoms with van der Waals surface area (Å²) in [6.45, 7) is 2.65. The van der Waals surface area contributed by atoms with Crippen LogP contribution in [0.2, 0.25) is 0 Å². The van der Waals surface area contributed by atoms with Gasteiger partial charge < -0.3 is 9.64 Å². The first-order chi connectivity index (χ1) is 7.38. The molecular formula is C12H21NO2. The number of nitrogens with zero attached hydrogens (tertiary/aromatic N) is 1. The molecule has 2 heterocycles. The van der Waals surface area contributed by atoms with E-state index in [-0.39, 0.29) is 12.0 Å². The molecule has 3 nitrogen and oxygen atoms in total. The molecule has 1 atom stereocenters. The number of ether oxygens (including phenoxy) is 1. The van der Waals surface area contributed by atoms with Crippen molar-refractivity contribution < 1.29 is 9.53 Å². The van der Waals surface area contributed by atoms with Crippen LogP contribution in [0.3, 0.4) is 0 Å². The fraction of sp³-hybridized carbons (Fsp3) is 0.917. The van der Waals surface area contributed by atoms with Crippen LogP contribution in [0.15, 0.2) is 0 Å². The van der Waals surface area contributed by atoms with Gasteiger partial charge in [-0.25, -0.2) is 0 Å². The van der Waals surface area contributed by atoms with Gasteiger partial charge in [0.25, 0.3) is 5.91 Å². The number of carbonyl (C=O) groups is 1. The van der Waals surface area contributed by atoms with E-state index in [1.807, 2.05) is 4.90 Å². The highest BCUT2D eigenvalue weighted by atomic mass is 16.5. The molecule has 0 bridgehead atoms. The lowest BCUT2D eigenvalue weighted by atomic mass is 10.1. The monoisotopic (exact) mass is 211 g/mol. The van der Waals surface area contributed by atoms with Gasteiger partial charge >= 0.3 is 0 Å². The van der Waals surface area contributed by atoms with Gasteiger partial charge in [0.2, 0.25) is 0 Å². The van der Waals surface area contributed by atoms with Crippen LogP contribution in [0.5, 0.6) is 0 Å². The molecular weight excluding hydrogens is 190 g/mol. The quantitative estimate of drug-likeness (QED) is 0.663. The first kappa shape index (κ1) is 10.9. The van der Waals surface area contributed by atoms with Crippen LogP contribution >= 0.6 is 0 Å². The summed E-state index contributed by atoms with van der Waals surface area (Å²) in [6.07, 6.45) is 7.93. The maximum atomic E-state index is 12.1. The zero-order valence-electron chi connectivity index (χ0n) is 9.41. The molecule has 0 radical (unpaired) electrons. The zero-order valence-corrected chi connectivity index (χ0v) is 9.41. The molecule has 2 aliphatic rings. The van der Waals surface area contributed by atoms with E-state index in [0.29, 0.717) is 0 Å². The third-order valence-electron chi connectivity index (χ3n) is 3.37. The summed E-state index contributed by atoms with van der Waals surface area (Å²) >= 11 is 0. The van der Waals surface area contributed by atoms with Crippen LogP contribution in [-0.2, 0) is 9.53 Å². The lowest BCUT2D eigenvalue weighted by Gasteiger charge is -2.28. The second kappa shape index (κ2) is 5.50. The highest BCUT2D eigenvalue weighted by Crippen LogP contribution is 2.17. The average molecular weight is 211 g/mol. The van der Waals surface area contributed by atoms with Gasteiger partial charge in [-0.05, 0) is 32.1 Å². The molecule has 15 heavy (non-hydrogen) atoms. The van der Waals surface area contributed by atoms with Crippen molar-refractivity contribution in [2.45, 2.75) is 51.0 Å². The van der Waals surface area contributed by atoms with Crippen LogP contribution in [-0.4, -0.2) is 36.6 Å². The van der Waals surface area contributed by atoms with Crippen LogP contribution in [0.1, 0.15) is 44.9 Å². The van der Waals surface area contributed by atoms with Crippen LogP contribution in [0.25, 0.3) is 0 Å². The largest absolute Gasteiger partial charge is 0.368 e. The Morgan fingerprint density at radius 1 is 1.00 bits per heavy atom. The molecule has 0 aromatic carbocycles. The highest BCUT2D eigenvalue weighted by Gasteiger charge is 2.26. The second-order valence-electron chi connectivity index (χ2n) is 4.59. The number of amides is 1. The Kier molecular flexibility index (Phi) is 4.01. The minimum absolute atomic E-state index is 0.128. The third-order valence-corrected chi connectivity index (χ3v) is 3.37. The Labute approximate surface area is 91.8 Å². The molecule has 0 aromatic rings. The standard InChI is InChI=1S/C12H21NO2/c14-12(11-7-3-6-10-15-11)13-8-4-1-2-5-9-13/h11H,1-10H2. The summed E-state index contributed by atoms with van der Waals surface area (Å²) in [5, 5.41) is 0. The van der Waals surface area contributed by atoms with Crippen molar-refractivity contribution in [1.29, 1.82) is 0 Å². The molecule has 0 aromatic heterocycles. The number of carbonyl (C=O) groups excluding carboxylic acids is 1. The van der Waals surface area contributed by atoms with Crippen molar-refractivity contribution in [2.75, 3.05) is 19.7 Å². The first-order valence-electron chi connectivity index (χ1n) is 6.28. The highest BCUT2D eigenvalue weighted by molar-refractivity contribution is 5.81. The predicted molar refractivity (Wildman–Crippen MR) is 58.6 cm³/mol. The molecule has 86 valence electrons. The first-order valence-corrected chi connectivity index (χ1v) is 6.28. The summed E-state index contributed by atoms with van der Waals surface area (Å²) in [5.41, 5.74) is 0. The van der Waals surface area contributed by atoms with Crippen molar-refractivity contribution in [3.63, 3.8) is 0 Å². The Hall–Kier alpha value is -0.570. The van der Waals surface area contributed by atoms with Gasteiger partial charge in [0, 0.05) is 19.7 Å². The molecule has 0 aliphatic carbocycles. The van der Waals surface area contributed by atoms with E-state index < -0.39 is 0 Å². The second-order valence-corrected chi connectivity index (χ2v) is 4.59. The molecule has 1 amide bonds. The fourth-order valence-electron chi connectivity index (χ4n) is 2.43. The Bertz CT molecular complexity index is 204. The van der Waals surface area contributed by atoms with E-state index in [1.54, 1.807) is 0 Å². The predicted octanol–water partition coefficient (Wildman–Crippen LogP) is 1.96. The maximum absolute atomic E-state index is 12.1. The summed E-state index contributed by atoms with van der Waals surface area (Å²) < 4.78 is 5.54. The van der Waals surface area contributed by atoms with Gasteiger partial charge in [0.15, 0.2) is 0 Å². The van der Waals surface area contributed by atoms with Crippen molar-refractivity contribution >= 4 is 5.91 Å². The van der Waals surface area contributed by atoms with E-state index >= 15 is 0 Å². The number of hydrogen-bond acceptors (Lipinski definition) is 2.